The average molecular weight is 277 g/mol. The first-order valence-electron chi connectivity index (χ1n) is 6.57. The second-order valence-corrected chi connectivity index (χ2v) is 5.80. The number of anilines is 1. The molecule has 0 amide bonds. The van der Waals surface area contributed by atoms with Crippen molar-refractivity contribution in [1.29, 1.82) is 5.26 Å². The molecule has 0 unspecified atom stereocenters. The van der Waals surface area contributed by atoms with Crippen molar-refractivity contribution < 1.29 is 4.74 Å². The molecule has 0 radical (unpaired) electrons. The molecular formula is C14H19N3OS. The average Bonchev–Trinajstić information content (AvgIpc) is 2.84. The second kappa shape index (κ2) is 6.69. The highest BCUT2D eigenvalue weighted by atomic mass is 32.2. The summed E-state index contributed by atoms with van der Waals surface area (Å²) in [5, 5.41) is 9.10. The van der Waals surface area contributed by atoms with Gasteiger partial charge < -0.3 is 10.5 Å². The van der Waals surface area contributed by atoms with Crippen LogP contribution in [0.2, 0.25) is 0 Å². The van der Waals surface area contributed by atoms with Gasteiger partial charge in [-0.2, -0.15) is 5.26 Å². The van der Waals surface area contributed by atoms with Crippen LogP contribution in [0.15, 0.2) is 18.2 Å². The maximum Gasteiger partial charge on any atom is 0.139 e. The zero-order valence-corrected chi connectivity index (χ0v) is 11.9. The Morgan fingerprint density at radius 2 is 2.42 bits per heavy atom. The molecule has 0 saturated carbocycles. The smallest absolute Gasteiger partial charge is 0.139 e. The minimum Gasteiger partial charge on any atom is -0.490 e. The Bertz CT molecular complexity index is 472. The molecule has 19 heavy (non-hydrogen) atoms. The van der Waals surface area contributed by atoms with E-state index in [0.29, 0.717) is 29.6 Å². The largest absolute Gasteiger partial charge is 0.490 e. The fourth-order valence-corrected chi connectivity index (χ4v) is 3.25. The Morgan fingerprint density at radius 1 is 1.58 bits per heavy atom. The molecule has 4 nitrogen and oxygen atoms in total. The number of nitrogens with zero attached hydrogens (tertiary/aromatic N) is 2. The van der Waals surface area contributed by atoms with Gasteiger partial charge >= 0.3 is 0 Å². The molecular weight excluding hydrogens is 258 g/mol. The molecule has 102 valence electrons. The number of nitriles is 1. The van der Waals surface area contributed by atoms with Crippen LogP contribution in [-0.4, -0.2) is 29.3 Å². The van der Waals surface area contributed by atoms with Crippen molar-refractivity contribution in [3.8, 4) is 11.8 Å². The molecule has 5 heteroatoms. The van der Waals surface area contributed by atoms with E-state index in [4.69, 9.17) is 15.7 Å². The Labute approximate surface area is 118 Å². The van der Waals surface area contributed by atoms with Crippen molar-refractivity contribution in [2.75, 3.05) is 24.6 Å². The number of hydrogen-bond donors (Lipinski definition) is 1. The highest BCUT2D eigenvalue weighted by Gasteiger charge is 2.25. The van der Waals surface area contributed by atoms with Crippen molar-refractivity contribution in [2.45, 2.75) is 25.8 Å². The predicted molar refractivity (Wildman–Crippen MR) is 78.9 cm³/mol. The van der Waals surface area contributed by atoms with Gasteiger partial charge in [-0.3, -0.25) is 0 Å². The molecule has 0 aliphatic carbocycles. The summed E-state index contributed by atoms with van der Waals surface area (Å²) >= 11 is 1.86. The Kier molecular flexibility index (Phi) is 4.94. The molecule has 1 aliphatic heterocycles. The molecule has 1 aromatic carbocycles. The number of nitrogen functional groups attached to an aromatic ring is 1. The van der Waals surface area contributed by atoms with E-state index in [-0.39, 0.29) is 0 Å². The zero-order chi connectivity index (χ0) is 13.7. The molecule has 0 bridgehead atoms. The first-order chi connectivity index (χ1) is 9.26. The minimum atomic E-state index is 0.429. The summed E-state index contributed by atoms with van der Waals surface area (Å²) < 4.78 is 8.20. The summed E-state index contributed by atoms with van der Waals surface area (Å²) in [5.74, 6) is 1.67. The molecule has 1 fully saturated rings. The van der Waals surface area contributed by atoms with Crippen LogP contribution in [0.1, 0.15) is 25.3 Å². The Hall–Kier alpha value is -1.38. The van der Waals surface area contributed by atoms with E-state index < -0.39 is 0 Å². The van der Waals surface area contributed by atoms with Gasteiger partial charge in [-0.25, -0.2) is 4.31 Å². The van der Waals surface area contributed by atoms with Crippen LogP contribution in [0, 0.1) is 11.3 Å². The molecule has 1 atom stereocenters. The van der Waals surface area contributed by atoms with Crippen molar-refractivity contribution in [1.82, 2.24) is 4.31 Å². The number of benzene rings is 1. The van der Waals surface area contributed by atoms with E-state index in [1.54, 1.807) is 12.1 Å². The van der Waals surface area contributed by atoms with Gasteiger partial charge in [0.1, 0.15) is 24.0 Å². The maximum absolute atomic E-state index is 9.10. The molecule has 1 saturated heterocycles. The number of nitrogens with two attached hydrogens (primary N) is 1. The van der Waals surface area contributed by atoms with Crippen LogP contribution in [0.4, 0.5) is 5.69 Å². The van der Waals surface area contributed by atoms with E-state index in [0.717, 1.165) is 18.7 Å². The van der Waals surface area contributed by atoms with Gasteiger partial charge in [0.05, 0.1) is 11.7 Å². The van der Waals surface area contributed by atoms with Crippen molar-refractivity contribution in [3.63, 3.8) is 0 Å². The van der Waals surface area contributed by atoms with Crippen LogP contribution in [-0.2, 0) is 0 Å². The summed E-state index contributed by atoms with van der Waals surface area (Å²) in [4.78, 5) is 0. The molecule has 1 heterocycles. The molecule has 1 aliphatic rings. The third-order valence-corrected chi connectivity index (χ3v) is 4.29. The van der Waals surface area contributed by atoms with Crippen molar-refractivity contribution >= 4 is 17.6 Å². The Morgan fingerprint density at radius 3 is 3.16 bits per heavy atom. The van der Waals surface area contributed by atoms with Gasteiger partial charge in [0, 0.05) is 12.3 Å². The molecule has 2 N–H and O–H groups in total. The SMILES string of the molecule is CCSN1CCC[C@@H]1COc1cccc(N)c1C#N. The highest BCUT2D eigenvalue weighted by molar-refractivity contribution is 7.97. The van der Waals surface area contributed by atoms with Gasteiger partial charge in [-0.1, -0.05) is 24.9 Å². The molecule has 1 aromatic rings. The van der Waals surface area contributed by atoms with Gasteiger partial charge in [-0.05, 0) is 25.0 Å². The van der Waals surface area contributed by atoms with E-state index in [1.807, 2.05) is 18.0 Å². The zero-order valence-electron chi connectivity index (χ0n) is 11.1. The standard InChI is InChI=1S/C14H19N3OS/c1-2-19-17-8-4-5-11(17)10-18-14-7-3-6-13(16)12(14)9-15/h3,6-7,11H,2,4-5,8,10,16H2,1H3/t11-/m1/s1. The fourth-order valence-electron chi connectivity index (χ4n) is 2.29. The van der Waals surface area contributed by atoms with E-state index in [9.17, 15) is 0 Å². The summed E-state index contributed by atoms with van der Waals surface area (Å²) in [6.07, 6.45) is 2.36. The lowest BCUT2D eigenvalue weighted by Gasteiger charge is -2.23. The first kappa shape index (κ1) is 14.0. The molecule has 0 spiro atoms. The van der Waals surface area contributed by atoms with E-state index >= 15 is 0 Å². The quantitative estimate of drug-likeness (QED) is 0.662. The van der Waals surface area contributed by atoms with E-state index in [1.165, 1.54) is 6.42 Å². The highest BCUT2D eigenvalue weighted by Crippen LogP contribution is 2.28. The fraction of sp³-hybridized carbons (Fsp3) is 0.500. The number of ether oxygens (including phenoxy) is 1. The minimum absolute atomic E-state index is 0.429. The van der Waals surface area contributed by atoms with Crippen molar-refractivity contribution in [3.05, 3.63) is 23.8 Å². The monoisotopic (exact) mass is 277 g/mol. The van der Waals surface area contributed by atoms with Crippen LogP contribution in [0.5, 0.6) is 5.75 Å². The lowest BCUT2D eigenvalue weighted by Crippen LogP contribution is -2.29. The lowest BCUT2D eigenvalue weighted by molar-refractivity contribution is 0.240. The number of rotatable bonds is 5. The predicted octanol–water partition coefficient (Wildman–Crippen LogP) is 2.65. The van der Waals surface area contributed by atoms with Gasteiger partial charge in [-0.15, -0.1) is 0 Å². The lowest BCUT2D eigenvalue weighted by atomic mass is 10.2. The van der Waals surface area contributed by atoms with Gasteiger partial charge in [0.2, 0.25) is 0 Å². The van der Waals surface area contributed by atoms with Crippen molar-refractivity contribution in [2.24, 2.45) is 0 Å². The van der Waals surface area contributed by atoms with Crippen LogP contribution < -0.4 is 10.5 Å². The number of hydrogen-bond acceptors (Lipinski definition) is 5. The Balaban J connectivity index is 1.99. The molecule has 0 aromatic heterocycles. The van der Waals surface area contributed by atoms with Gasteiger partial charge in [0.25, 0.3) is 0 Å². The first-order valence-corrected chi connectivity index (χ1v) is 7.51. The normalized spacial score (nSPS) is 19.3. The van der Waals surface area contributed by atoms with Crippen LogP contribution in [0.3, 0.4) is 0 Å². The van der Waals surface area contributed by atoms with Gasteiger partial charge in [0.15, 0.2) is 0 Å². The summed E-state index contributed by atoms with van der Waals surface area (Å²) in [6.45, 7) is 3.90. The second-order valence-electron chi connectivity index (χ2n) is 4.50. The topological polar surface area (TPSA) is 62.3 Å². The van der Waals surface area contributed by atoms with Crippen LogP contribution >= 0.6 is 11.9 Å². The summed E-state index contributed by atoms with van der Waals surface area (Å²) in [7, 11) is 0. The van der Waals surface area contributed by atoms with E-state index in [2.05, 4.69) is 17.3 Å². The third kappa shape index (κ3) is 3.34. The third-order valence-electron chi connectivity index (χ3n) is 3.22. The maximum atomic E-state index is 9.10. The van der Waals surface area contributed by atoms with Crippen LogP contribution in [0.25, 0.3) is 0 Å². The summed E-state index contributed by atoms with van der Waals surface area (Å²) in [6, 6.07) is 7.88. The summed E-state index contributed by atoms with van der Waals surface area (Å²) in [5.41, 5.74) is 6.69. The molecule has 2 rings (SSSR count).